The van der Waals surface area contributed by atoms with Crippen LogP contribution in [-0.4, -0.2) is 11.1 Å². The molecule has 0 aliphatic heterocycles. The molecule has 1 aromatic carbocycles. The summed E-state index contributed by atoms with van der Waals surface area (Å²) in [6, 6.07) is 8.30. The van der Waals surface area contributed by atoms with Gasteiger partial charge in [-0.25, -0.2) is 0 Å². The first kappa shape index (κ1) is 11.9. The van der Waals surface area contributed by atoms with Gasteiger partial charge in [-0.05, 0) is 42.0 Å². The molecule has 0 atom stereocenters. The number of hydrogen-bond acceptors (Lipinski definition) is 2. The zero-order chi connectivity index (χ0) is 12.4. The molecule has 1 aromatic heterocycles. The summed E-state index contributed by atoms with van der Waals surface area (Å²) in [6.45, 7) is 4.14. The Morgan fingerprint density at radius 2 is 2.06 bits per heavy atom. The predicted molar refractivity (Wildman–Crippen MR) is 70.6 cm³/mol. The van der Waals surface area contributed by atoms with E-state index in [1.165, 1.54) is 16.7 Å². The molecule has 0 fully saturated rings. The summed E-state index contributed by atoms with van der Waals surface area (Å²) in [6.07, 6.45) is 0.0986. The smallest absolute Gasteiger partial charge is 0.307 e. The number of carbonyl (C=O) groups is 1. The van der Waals surface area contributed by atoms with E-state index in [0.29, 0.717) is 0 Å². The summed E-state index contributed by atoms with van der Waals surface area (Å²) in [4.78, 5) is 11.8. The number of hydrogen-bond donors (Lipinski definition) is 1. The molecule has 17 heavy (non-hydrogen) atoms. The van der Waals surface area contributed by atoms with Crippen molar-refractivity contribution in [1.82, 2.24) is 0 Å². The Bertz CT molecular complexity index is 555. The maximum Gasteiger partial charge on any atom is 0.307 e. The van der Waals surface area contributed by atoms with E-state index in [1.54, 1.807) is 11.3 Å². The summed E-state index contributed by atoms with van der Waals surface area (Å²) in [7, 11) is 0. The standard InChI is InChI=1S/C14H14O2S/c1-9-3-4-10(2)12(5-9)13-6-11(8-17-13)7-14(15)16/h3-6,8H,7H2,1-2H3,(H,15,16). The van der Waals surface area contributed by atoms with Crippen LogP contribution in [0.4, 0.5) is 0 Å². The monoisotopic (exact) mass is 246 g/mol. The van der Waals surface area contributed by atoms with Crippen molar-refractivity contribution in [2.75, 3.05) is 0 Å². The number of thiophene rings is 1. The van der Waals surface area contributed by atoms with Crippen LogP contribution in [0.1, 0.15) is 16.7 Å². The quantitative estimate of drug-likeness (QED) is 0.897. The summed E-state index contributed by atoms with van der Waals surface area (Å²) in [5.41, 5.74) is 4.52. The summed E-state index contributed by atoms with van der Waals surface area (Å²) >= 11 is 1.60. The van der Waals surface area contributed by atoms with Crippen LogP contribution in [0.5, 0.6) is 0 Å². The first-order valence-electron chi connectivity index (χ1n) is 5.43. The minimum absolute atomic E-state index is 0.0986. The molecule has 0 amide bonds. The number of carboxylic acid groups (broad SMARTS) is 1. The molecule has 0 spiro atoms. The van der Waals surface area contributed by atoms with Gasteiger partial charge >= 0.3 is 5.97 Å². The lowest BCUT2D eigenvalue weighted by Crippen LogP contribution is -1.97. The number of aliphatic carboxylic acids is 1. The molecule has 3 heteroatoms. The van der Waals surface area contributed by atoms with E-state index in [-0.39, 0.29) is 6.42 Å². The van der Waals surface area contributed by atoms with Gasteiger partial charge in [-0.15, -0.1) is 11.3 Å². The van der Waals surface area contributed by atoms with Crippen molar-refractivity contribution in [3.8, 4) is 10.4 Å². The van der Waals surface area contributed by atoms with Gasteiger partial charge in [0.15, 0.2) is 0 Å². The molecule has 1 N–H and O–H groups in total. The van der Waals surface area contributed by atoms with E-state index < -0.39 is 5.97 Å². The molecule has 0 radical (unpaired) electrons. The molecule has 0 saturated carbocycles. The molecular weight excluding hydrogens is 232 g/mol. The first-order chi connectivity index (χ1) is 8.06. The molecule has 2 nitrogen and oxygen atoms in total. The first-order valence-corrected chi connectivity index (χ1v) is 6.31. The van der Waals surface area contributed by atoms with Crippen LogP contribution < -0.4 is 0 Å². The SMILES string of the molecule is Cc1ccc(C)c(-c2cc(CC(=O)O)cs2)c1. The topological polar surface area (TPSA) is 37.3 Å². The van der Waals surface area contributed by atoms with Crippen molar-refractivity contribution in [2.24, 2.45) is 0 Å². The molecule has 0 unspecified atom stereocenters. The van der Waals surface area contributed by atoms with Gasteiger partial charge in [0.25, 0.3) is 0 Å². The Morgan fingerprint density at radius 3 is 2.76 bits per heavy atom. The van der Waals surface area contributed by atoms with E-state index in [1.807, 2.05) is 11.4 Å². The van der Waals surface area contributed by atoms with Crippen molar-refractivity contribution in [2.45, 2.75) is 20.3 Å². The van der Waals surface area contributed by atoms with E-state index in [0.717, 1.165) is 10.4 Å². The van der Waals surface area contributed by atoms with Crippen molar-refractivity contribution >= 4 is 17.3 Å². The Kier molecular flexibility index (Phi) is 3.29. The maximum atomic E-state index is 10.6. The predicted octanol–water partition coefficient (Wildman–Crippen LogP) is 3.66. The molecule has 88 valence electrons. The Hall–Kier alpha value is -1.61. The number of rotatable bonds is 3. The van der Waals surface area contributed by atoms with Gasteiger partial charge < -0.3 is 5.11 Å². The summed E-state index contributed by atoms with van der Waals surface area (Å²) < 4.78 is 0. The van der Waals surface area contributed by atoms with Gasteiger partial charge in [-0.3, -0.25) is 4.79 Å². The highest BCUT2D eigenvalue weighted by Gasteiger charge is 2.08. The maximum absolute atomic E-state index is 10.6. The van der Waals surface area contributed by atoms with Crippen LogP contribution in [0.2, 0.25) is 0 Å². The highest BCUT2D eigenvalue weighted by atomic mass is 32.1. The molecule has 0 bridgehead atoms. The third-order valence-electron chi connectivity index (χ3n) is 2.67. The largest absolute Gasteiger partial charge is 0.481 e. The lowest BCUT2D eigenvalue weighted by molar-refractivity contribution is -0.136. The molecule has 1 heterocycles. The highest BCUT2D eigenvalue weighted by Crippen LogP contribution is 2.30. The second-order valence-corrected chi connectivity index (χ2v) is 5.12. The van der Waals surface area contributed by atoms with Crippen LogP contribution in [-0.2, 0) is 11.2 Å². The van der Waals surface area contributed by atoms with Crippen molar-refractivity contribution < 1.29 is 9.90 Å². The molecule has 0 saturated heterocycles. The van der Waals surface area contributed by atoms with Gasteiger partial charge in [0.1, 0.15) is 0 Å². The lowest BCUT2D eigenvalue weighted by Gasteiger charge is -2.04. The lowest BCUT2D eigenvalue weighted by atomic mass is 10.0. The van der Waals surface area contributed by atoms with E-state index >= 15 is 0 Å². The summed E-state index contributed by atoms with van der Waals surface area (Å²) in [5, 5.41) is 10.7. The molecular formula is C14H14O2S. The number of carboxylic acids is 1. The Morgan fingerprint density at radius 1 is 1.29 bits per heavy atom. The normalized spacial score (nSPS) is 10.5. The molecule has 2 aromatic rings. The molecule has 0 aliphatic carbocycles. The molecule has 2 rings (SSSR count). The highest BCUT2D eigenvalue weighted by molar-refractivity contribution is 7.13. The van der Waals surface area contributed by atoms with Gasteiger partial charge in [0.2, 0.25) is 0 Å². The summed E-state index contributed by atoms with van der Waals surface area (Å²) in [5.74, 6) is -0.782. The van der Waals surface area contributed by atoms with Crippen molar-refractivity contribution in [3.05, 3.63) is 46.3 Å². The van der Waals surface area contributed by atoms with Crippen molar-refractivity contribution in [3.63, 3.8) is 0 Å². The Labute approximate surface area is 105 Å². The van der Waals surface area contributed by atoms with E-state index in [9.17, 15) is 4.79 Å². The fourth-order valence-electron chi connectivity index (χ4n) is 1.79. The van der Waals surface area contributed by atoms with E-state index in [4.69, 9.17) is 5.11 Å². The minimum atomic E-state index is -0.782. The average molecular weight is 246 g/mol. The van der Waals surface area contributed by atoms with Gasteiger partial charge in [0, 0.05) is 4.88 Å². The fourth-order valence-corrected chi connectivity index (χ4v) is 2.78. The van der Waals surface area contributed by atoms with Gasteiger partial charge in [0.05, 0.1) is 6.42 Å². The average Bonchev–Trinajstić information content (AvgIpc) is 2.69. The van der Waals surface area contributed by atoms with Crippen molar-refractivity contribution in [1.29, 1.82) is 0 Å². The zero-order valence-corrected chi connectivity index (χ0v) is 10.7. The number of benzene rings is 1. The second kappa shape index (κ2) is 4.72. The van der Waals surface area contributed by atoms with Crippen LogP contribution in [0.25, 0.3) is 10.4 Å². The Balaban J connectivity index is 2.36. The van der Waals surface area contributed by atoms with Crippen LogP contribution in [0.15, 0.2) is 29.6 Å². The van der Waals surface area contributed by atoms with Crippen LogP contribution in [0.3, 0.4) is 0 Å². The third-order valence-corrected chi connectivity index (χ3v) is 3.68. The fraction of sp³-hybridized carbons (Fsp3) is 0.214. The molecule has 0 aliphatic rings. The van der Waals surface area contributed by atoms with Crippen LogP contribution in [0, 0.1) is 13.8 Å². The second-order valence-electron chi connectivity index (χ2n) is 4.21. The zero-order valence-electron chi connectivity index (χ0n) is 9.86. The number of aryl methyl sites for hydroxylation is 2. The minimum Gasteiger partial charge on any atom is -0.481 e. The third kappa shape index (κ3) is 2.74. The van der Waals surface area contributed by atoms with Gasteiger partial charge in [-0.1, -0.05) is 23.8 Å². The van der Waals surface area contributed by atoms with Crippen LogP contribution >= 0.6 is 11.3 Å². The van der Waals surface area contributed by atoms with E-state index in [2.05, 4.69) is 32.0 Å². The van der Waals surface area contributed by atoms with Gasteiger partial charge in [-0.2, -0.15) is 0 Å².